The first-order chi connectivity index (χ1) is 13.1. The molecular weight excluding hydrogens is 421 g/mol. The molecule has 144 valence electrons. The van der Waals surface area contributed by atoms with Crippen molar-refractivity contribution in [2.75, 3.05) is 0 Å². The zero-order valence-electron chi connectivity index (χ0n) is 17.8. The molecule has 0 radical (unpaired) electrons. The standard InChI is InChI=1S/C24H28GeN2S/c1-15-20-22(28-23(15)25(5,6)7)21(27-14-26-20)17-12-16-10-8-9-11-18(16)19(13-17)24(2,3)4/h8-14H,1-7H3. The number of hydrogen-bond acceptors (Lipinski definition) is 3. The monoisotopic (exact) mass is 450 g/mol. The number of aromatic nitrogens is 2. The summed E-state index contributed by atoms with van der Waals surface area (Å²) >= 11 is -0.0221. The fourth-order valence-electron chi connectivity index (χ4n) is 4.01. The van der Waals surface area contributed by atoms with Gasteiger partial charge in [-0.1, -0.05) is 0 Å². The van der Waals surface area contributed by atoms with Crippen molar-refractivity contribution < 1.29 is 0 Å². The molecule has 4 aromatic rings. The van der Waals surface area contributed by atoms with E-state index >= 15 is 0 Å². The minimum atomic E-state index is -1.95. The molecular formula is C24H28GeN2S. The molecule has 0 atom stereocenters. The number of thiophene rings is 1. The molecule has 2 heterocycles. The molecule has 0 saturated heterocycles. The van der Waals surface area contributed by atoms with Gasteiger partial charge in [0.25, 0.3) is 0 Å². The molecule has 0 fully saturated rings. The summed E-state index contributed by atoms with van der Waals surface area (Å²) in [7, 11) is 0. The van der Waals surface area contributed by atoms with Crippen molar-refractivity contribution in [2.45, 2.75) is 50.4 Å². The van der Waals surface area contributed by atoms with E-state index in [1.54, 1.807) is 10.0 Å². The summed E-state index contributed by atoms with van der Waals surface area (Å²) < 4.78 is 2.82. The SMILES string of the molecule is Cc1[c]([Ge]([CH3])([CH3])[CH3])sc2c(-c3cc(C(C)(C)C)c4ccccc4c3)ncnc12. The first kappa shape index (κ1) is 19.6. The first-order valence-corrected chi connectivity index (χ1v) is 18.0. The summed E-state index contributed by atoms with van der Waals surface area (Å²) in [5.74, 6) is 7.37. The van der Waals surface area contributed by atoms with Crippen molar-refractivity contribution in [3.05, 3.63) is 53.9 Å². The van der Waals surface area contributed by atoms with Gasteiger partial charge in [0.2, 0.25) is 0 Å². The van der Waals surface area contributed by atoms with Gasteiger partial charge in [-0.25, -0.2) is 0 Å². The predicted octanol–water partition coefficient (Wildman–Crippen LogP) is 6.66. The number of nitrogens with zero attached hydrogens (tertiary/aromatic N) is 2. The van der Waals surface area contributed by atoms with Gasteiger partial charge in [-0.15, -0.1) is 0 Å². The second kappa shape index (κ2) is 6.67. The fraction of sp³-hybridized carbons (Fsp3) is 0.333. The van der Waals surface area contributed by atoms with Crippen LogP contribution < -0.4 is 3.71 Å². The molecule has 0 saturated carbocycles. The molecule has 0 aliphatic carbocycles. The van der Waals surface area contributed by atoms with Gasteiger partial charge >= 0.3 is 175 Å². The number of fused-ring (bicyclic) bond motifs is 2. The summed E-state index contributed by atoms with van der Waals surface area (Å²) in [5, 5.41) is 2.61. The van der Waals surface area contributed by atoms with Gasteiger partial charge in [0.05, 0.1) is 0 Å². The normalized spacial score (nSPS) is 12.8. The number of hydrogen-bond donors (Lipinski definition) is 0. The quantitative estimate of drug-likeness (QED) is 0.320. The summed E-state index contributed by atoms with van der Waals surface area (Å²) in [6.07, 6.45) is 1.74. The molecule has 2 nitrogen and oxygen atoms in total. The summed E-state index contributed by atoms with van der Waals surface area (Å²) in [6.45, 7) is 9.10. The van der Waals surface area contributed by atoms with Crippen molar-refractivity contribution in [1.29, 1.82) is 0 Å². The molecule has 4 rings (SSSR count). The molecule has 0 amide bonds. The van der Waals surface area contributed by atoms with Crippen molar-refractivity contribution in [2.24, 2.45) is 0 Å². The zero-order chi connectivity index (χ0) is 20.3. The minimum absolute atomic E-state index is 0.0685. The van der Waals surface area contributed by atoms with Crippen LogP contribution in [0.15, 0.2) is 42.7 Å². The Morgan fingerprint density at radius 3 is 2.36 bits per heavy atom. The Balaban J connectivity index is 2.05. The topological polar surface area (TPSA) is 25.8 Å². The van der Waals surface area contributed by atoms with Gasteiger partial charge in [0, 0.05) is 0 Å². The van der Waals surface area contributed by atoms with Crippen LogP contribution in [0.25, 0.3) is 32.2 Å². The maximum absolute atomic E-state index is 4.76. The Morgan fingerprint density at radius 1 is 0.964 bits per heavy atom. The van der Waals surface area contributed by atoms with Crippen molar-refractivity contribution in [3.8, 4) is 11.3 Å². The van der Waals surface area contributed by atoms with Crippen LogP contribution >= 0.6 is 11.3 Å². The van der Waals surface area contributed by atoms with Crippen molar-refractivity contribution in [3.63, 3.8) is 0 Å². The van der Waals surface area contributed by atoms with Crippen LogP contribution in [0.4, 0.5) is 0 Å². The van der Waals surface area contributed by atoms with E-state index in [9.17, 15) is 0 Å². The molecule has 0 N–H and O–H groups in total. The third-order valence-corrected chi connectivity index (χ3v) is 13.9. The van der Waals surface area contributed by atoms with Gasteiger partial charge in [-0.2, -0.15) is 0 Å². The van der Waals surface area contributed by atoms with Gasteiger partial charge in [0.15, 0.2) is 0 Å². The van der Waals surface area contributed by atoms with Gasteiger partial charge in [-0.3, -0.25) is 0 Å². The van der Waals surface area contributed by atoms with Crippen molar-refractivity contribution >= 4 is 49.3 Å². The molecule has 0 bridgehead atoms. The van der Waals surface area contributed by atoms with Crippen LogP contribution in [0.2, 0.25) is 17.3 Å². The Hall–Kier alpha value is -1.72. The van der Waals surface area contributed by atoms with Crippen LogP contribution in [0, 0.1) is 6.92 Å². The average molecular weight is 449 g/mol. The molecule has 4 heteroatoms. The van der Waals surface area contributed by atoms with E-state index in [4.69, 9.17) is 4.98 Å². The second-order valence-corrected chi connectivity index (χ2v) is 22.0. The Kier molecular flexibility index (Phi) is 4.67. The van der Waals surface area contributed by atoms with Crippen LogP contribution in [-0.4, -0.2) is 23.2 Å². The van der Waals surface area contributed by atoms with Gasteiger partial charge in [-0.05, 0) is 0 Å². The van der Waals surface area contributed by atoms with Crippen molar-refractivity contribution in [1.82, 2.24) is 9.97 Å². The predicted molar refractivity (Wildman–Crippen MR) is 127 cm³/mol. The Morgan fingerprint density at radius 2 is 1.68 bits per heavy atom. The maximum atomic E-state index is 4.76. The van der Waals surface area contributed by atoms with Crippen LogP contribution in [0.5, 0.6) is 0 Å². The van der Waals surface area contributed by atoms with Crippen LogP contribution in [-0.2, 0) is 5.41 Å². The van der Waals surface area contributed by atoms with E-state index in [0.29, 0.717) is 0 Å². The number of rotatable bonds is 2. The summed E-state index contributed by atoms with van der Waals surface area (Å²) in [6, 6.07) is 13.3. The molecule has 0 aliphatic rings. The molecule has 0 spiro atoms. The first-order valence-electron chi connectivity index (χ1n) is 9.85. The Labute approximate surface area is 174 Å². The second-order valence-electron chi connectivity index (χ2n) is 9.70. The zero-order valence-corrected chi connectivity index (χ0v) is 20.8. The van der Waals surface area contributed by atoms with Gasteiger partial charge in [0.1, 0.15) is 0 Å². The number of benzene rings is 2. The van der Waals surface area contributed by atoms with E-state index in [2.05, 4.69) is 86.3 Å². The van der Waals surface area contributed by atoms with Crippen LogP contribution in [0.1, 0.15) is 31.9 Å². The van der Waals surface area contributed by atoms with Gasteiger partial charge < -0.3 is 0 Å². The van der Waals surface area contributed by atoms with E-state index in [1.165, 1.54) is 32.2 Å². The van der Waals surface area contributed by atoms with E-state index in [-0.39, 0.29) is 5.41 Å². The average Bonchev–Trinajstić information content (AvgIpc) is 2.97. The van der Waals surface area contributed by atoms with Crippen LogP contribution in [0.3, 0.4) is 0 Å². The van der Waals surface area contributed by atoms with E-state index < -0.39 is 13.3 Å². The third kappa shape index (κ3) is 3.29. The third-order valence-electron chi connectivity index (χ3n) is 5.33. The van der Waals surface area contributed by atoms with E-state index in [0.717, 1.165) is 11.2 Å². The molecule has 0 aliphatic heterocycles. The molecule has 0 unspecified atom stereocenters. The molecule has 2 aromatic heterocycles. The molecule has 28 heavy (non-hydrogen) atoms. The summed E-state index contributed by atoms with van der Waals surface area (Å²) in [5.41, 5.74) is 6.22. The Bertz CT molecular complexity index is 1190. The molecule has 2 aromatic carbocycles. The van der Waals surface area contributed by atoms with E-state index in [1.807, 2.05) is 11.3 Å². The fourth-order valence-corrected chi connectivity index (χ4v) is 10.5. The summed E-state index contributed by atoms with van der Waals surface area (Å²) in [4.78, 5) is 9.43. The number of aryl methyl sites for hydroxylation is 1.